The fourth-order valence-corrected chi connectivity index (χ4v) is 2.87. The number of benzene rings is 2. The van der Waals surface area contributed by atoms with E-state index in [1.165, 1.54) is 35.0 Å². The van der Waals surface area contributed by atoms with E-state index in [1.54, 1.807) is 6.07 Å². The van der Waals surface area contributed by atoms with E-state index in [9.17, 15) is 22.8 Å². The normalized spacial score (nSPS) is 11.3. The number of hydrogen-bond donors (Lipinski definition) is 1. The van der Waals surface area contributed by atoms with E-state index in [0.29, 0.717) is 11.3 Å². The Hall–Kier alpha value is -3.35. The molecule has 0 fully saturated rings. The topological polar surface area (TPSA) is 51.1 Å². The van der Waals surface area contributed by atoms with Crippen molar-refractivity contribution in [3.05, 3.63) is 99.0 Å². The standard InChI is InChI=1S/C22H19F3N2O2/c1-14-4-3-5-19(15(14)2)26-21(29)17-8-11-20(28)27(13-17)12-16-6-9-18(10-7-16)22(23,24)25/h3-11,13H,12H2,1-2H3,(H,26,29). The lowest BCUT2D eigenvalue weighted by Crippen LogP contribution is -2.22. The van der Waals surface area contributed by atoms with Crippen LogP contribution in [0.4, 0.5) is 18.9 Å². The van der Waals surface area contributed by atoms with Crippen LogP contribution in [0, 0.1) is 13.8 Å². The summed E-state index contributed by atoms with van der Waals surface area (Å²) in [6, 6.07) is 12.8. The minimum absolute atomic E-state index is 0.0571. The molecule has 0 unspecified atom stereocenters. The highest BCUT2D eigenvalue weighted by Crippen LogP contribution is 2.29. The third-order valence-electron chi connectivity index (χ3n) is 4.73. The number of amides is 1. The second-order valence-corrected chi connectivity index (χ2v) is 6.78. The first-order valence-corrected chi connectivity index (χ1v) is 8.89. The monoisotopic (exact) mass is 400 g/mol. The highest BCUT2D eigenvalue weighted by atomic mass is 19.4. The summed E-state index contributed by atoms with van der Waals surface area (Å²) in [6.45, 7) is 3.90. The summed E-state index contributed by atoms with van der Waals surface area (Å²) in [5, 5.41) is 2.82. The van der Waals surface area contributed by atoms with Gasteiger partial charge in [0.1, 0.15) is 0 Å². The van der Waals surface area contributed by atoms with Crippen LogP contribution in [0.3, 0.4) is 0 Å². The zero-order valence-corrected chi connectivity index (χ0v) is 15.9. The van der Waals surface area contributed by atoms with Gasteiger partial charge < -0.3 is 9.88 Å². The van der Waals surface area contributed by atoms with Crippen molar-refractivity contribution in [2.45, 2.75) is 26.6 Å². The van der Waals surface area contributed by atoms with Crippen molar-refractivity contribution in [3.8, 4) is 0 Å². The third kappa shape index (κ3) is 4.74. The summed E-state index contributed by atoms with van der Waals surface area (Å²) in [5.41, 5.74) is 2.34. The molecule has 7 heteroatoms. The lowest BCUT2D eigenvalue weighted by molar-refractivity contribution is -0.137. The molecule has 0 saturated carbocycles. The molecule has 0 aliphatic rings. The Kier molecular flexibility index (Phi) is 5.59. The molecule has 2 aromatic carbocycles. The number of carbonyl (C=O) groups is 1. The number of aryl methyl sites for hydroxylation is 1. The van der Waals surface area contributed by atoms with Gasteiger partial charge in [-0.2, -0.15) is 13.2 Å². The smallest absolute Gasteiger partial charge is 0.322 e. The van der Waals surface area contributed by atoms with Gasteiger partial charge in [0, 0.05) is 18.0 Å². The van der Waals surface area contributed by atoms with Crippen LogP contribution >= 0.6 is 0 Å². The molecule has 150 valence electrons. The summed E-state index contributed by atoms with van der Waals surface area (Å²) < 4.78 is 39.3. The molecule has 1 aromatic heterocycles. The fraction of sp³-hybridized carbons (Fsp3) is 0.182. The van der Waals surface area contributed by atoms with Gasteiger partial charge in [0.15, 0.2) is 0 Å². The van der Waals surface area contributed by atoms with Crippen molar-refractivity contribution in [2.75, 3.05) is 5.32 Å². The number of nitrogens with one attached hydrogen (secondary N) is 1. The highest BCUT2D eigenvalue weighted by molar-refractivity contribution is 6.04. The Bertz CT molecular complexity index is 1100. The molecule has 0 aliphatic carbocycles. The van der Waals surface area contributed by atoms with Crippen LogP contribution in [0.25, 0.3) is 0 Å². The maximum atomic E-state index is 12.7. The Morgan fingerprint density at radius 2 is 1.69 bits per heavy atom. The quantitative estimate of drug-likeness (QED) is 0.685. The molecule has 29 heavy (non-hydrogen) atoms. The number of nitrogens with zero attached hydrogens (tertiary/aromatic N) is 1. The van der Waals surface area contributed by atoms with Gasteiger partial charge in [-0.1, -0.05) is 24.3 Å². The molecule has 1 amide bonds. The van der Waals surface area contributed by atoms with Crippen LogP contribution in [0.5, 0.6) is 0 Å². The first-order chi connectivity index (χ1) is 13.6. The predicted molar refractivity (Wildman–Crippen MR) is 105 cm³/mol. The summed E-state index contributed by atoms with van der Waals surface area (Å²) >= 11 is 0. The molecule has 0 bridgehead atoms. The lowest BCUT2D eigenvalue weighted by Gasteiger charge is -2.12. The van der Waals surface area contributed by atoms with Crippen molar-refractivity contribution in [3.63, 3.8) is 0 Å². The SMILES string of the molecule is Cc1cccc(NC(=O)c2ccc(=O)n(Cc3ccc(C(F)(F)F)cc3)c2)c1C. The van der Waals surface area contributed by atoms with Crippen LogP contribution in [0.15, 0.2) is 65.6 Å². The van der Waals surface area contributed by atoms with Gasteiger partial charge >= 0.3 is 6.18 Å². The summed E-state index contributed by atoms with van der Waals surface area (Å²) in [5.74, 6) is -0.375. The van der Waals surface area contributed by atoms with E-state index >= 15 is 0 Å². The molecule has 1 N–H and O–H groups in total. The number of halogens is 3. The number of rotatable bonds is 4. The van der Waals surface area contributed by atoms with Crippen LogP contribution < -0.4 is 10.9 Å². The van der Waals surface area contributed by atoms with E-state index in [0.717, 1.165) is 23.3 Å². The van der Waals surface area contributed by atoms with Gasteiger partial charge in [0.05, 0.1) is 17.7 Å². The zero-order valence-electron chi connectivity index (χ0n) is 15.9. The van der Waals surface area contributed by atoms with Crippen molar-refractivity contribution < 1.29 is 18.0 Å². The Morgan fingerprint density at radius 1 is 1.00 bits per heavy atom. The number of pyridine rings is 1. The first-order valence-electron chi connectivity index (χ1n) is 8.89. The molecule has 0 spiro atoms. The summed E-state index contributed by atoms with van der Waals surface area (Å²) in [7, 11) is 0. The van der Waals surface area contributed by atoms with Crippen LogP contribution in [0.2, 0.25) is 0 Å². The minimum Gasteiger partial charge on any atom is -0.322 e. The largest absolute Gasteiger partial charge is 0.416 e. The van der Waals surface area contributed by atoms with Gasteiger partial charge in [0.2, 0.25) is 0 Å². The molecule has 3 rings (SSSR count). The van der Waals surface area contributed by atoms with E-state index in [-0.39, 0.29) is 23.6 Å². The Labute approximate surface area is 165 Å². The highest BCUT2D eigenvalue weighted by Gasteiger charge is 2.29. The number of hydrogen-bond acceptors (Lipinski definition) is 2. The van der Waals surface area contributed by atoms with Gasteiger partial charge in [-0.3, -0.25) is 9.59 Å². The van der Waals surface area contributed by atoms with E-state index in [4.69, 9.17) is 0 Å². The van der Waals surface area contributed by atoms with E-state index in [1.807, 2.05) is 26.0 Å². The zero-order chi connectivity index (χ0) is 21.2. The van der Waals surface area contributed by atoms with Crippen LogP contribution in [-0.2, 0) is 12.7 Å². The summed E-state index contributed by atoms with van der Waals surface area (Å²) in [6.07, 6.45) is -3.01. The minimum atomic E-state index is -4.42. The molecule has 0 aliphatic heterocycles. The Balaban J connectivity index is 1.81. The number of alkyl halides is 3. The summed E-state index contributed by atoms with van der Waals surface area (Å²) in [4.78, 5) is 24.7. The molecule has 0 saturated heterocycles. The van der Waals surface area contributed by atoms with Gasteiger partial charge in [-0.15, -0.1) is 0 Å². The first kappa shape index (κ1) is 20.4. The lowest BCUT2D eigenvalue weighted by atomic mass is 10.1. The number of carbonyl (C=O) groups excluding carboxylic acids is 1. The maximum absolute atomic E-state index is 12.7. The third-order valence-corrected chi connectivity index (χ3v) is 4.73. The van der Waals surface area contributed by atoms with Crippen molar-refractivity contribution in [2.24, 2.45) is 0 Å². The van der Waals surface area contributed by atoms with Gasteiger partial charge in [0.25, 0.3) is 11.5 Å². The molecule has 3 aromatic rings. The second kappa shape index (κ2) is 7.95. The van der Waals surface area contributed by atoms with Crippen molar-refractivity contribution in [1.82, 2.24) is 4.57 Å². The molecular weight excluding hydrogens is 381 g/mol. The molecule has 1 heterocycles. The van der Waals surface area contributed by atoms with E-state index < -0.39 is 11.7 Å². The van der Waals surface area contributed by atoms with Crippen molar-refractivity contribution >= 4 is 11.6 Å². The van der Waals surface area contributed by atoms with E-state index in [2.05, 4.69) is 5.32 Å². The molecular formula is C22H19F3N2O2. The predicted octanol–water partition coefficient (Wildman–Crippen LogP) is 4.78. The average Bonchev–Trinajstić information content (AvgIpc) is 2.67. The van der Waals surface area contributed by atoms with Crippen LogP contribution in [-0.4, -0.2) is 10.5 Å². The van der Waals surface area contributed by atoms with Gasteiger partial charge in [-0.05, 0) is 54.8 Å². The maximum Gasteiger partial charge on any atom is 0.416 e. The van der Waals surface area contributed by atoms with Crippen LogP contribution in [0.1, 0.15) is 32.6 Å². The number of aromatic nitrogens is 1. The fourth-order valence-electron chi connectivity index (χ4n) is 2.87. The molecule has 4 nitrogen and oxygen atoms in total. The second-order valence-electron chi connectivity index (χ2n) is 6.78. The van der Waals surface area contributed by atoms with Gasteiger partial charge in [-0.25, -0.2) is 0 Å². The molecule has 0 radical (unpaired) electrons. The molecule has 0 atom stereocenters. The Morgan fingerprint density at radius 3 is 2.34 bits per heavy atom. The number of anilines is 1. The average molecular weight is 400 g/mol. The van der Waals surface area contributed by atoms with Crippen molar-refractivity contribution in [1.29, 1.82) is 0 Å².